The number of nitrogens with zero attached hydrogens (tertiary/aromatic N) is 2. The van der Waals surface area contributed by atoms with Crippen LogP contribution in [0.25, 0.3) is 16.6 Å². The van der Waals surface area contributed by atoms with Crippen LogP contribution in [0.4, 0.5) is 9.18 Å². The molecule has 0 aliphatic rings. The average Bonchev–Trinajstić information content (AvgIpc) is 3.32. The van der Waals surface area contributed by atoms with Gasteiger partial charge in [-0.05, 0) is 42.5 Å². The first-order valence-electron chi connectivity index (χ1n) is 9.62. The number of rotatable bonds is 6. The van der Waals surface area contributed by atoms with Crippen molar-refractivity contribution in [2.75, 3.05) is 5.75 Å². The van der Waals surface area contributed by atoms with Crippen molar-refractivity contribution < 1.29 is 18.4 Å². The molecule has 0 atom stereocenters. The van der Waals surface area contributed by atoms with Crippen molar-refractivity contribution in [3.8, 4) is 5.69 Å². The summed E-state index contributed by atoms with van der Waals surface area (Å²) < 4.78 is 20.0. The SMILES string of the molecule is O=C(CSc1nc2ccccc2c(=O)n1-c1ccc(F)c(Cl)c1)NC(=O)NCc1ccco1. The highest BCUT2D eigenvalue weighted by Crippen LogP contribution is 2.24. The molecule has 0 saturated carbocycles. The maximum atomic E-state index is 13.7. The van der Waals surface area contributed by atoms with Crippen LogP contribution in [0, 0.1) is 5.82 Å². The van der Waals surface area contributed by atoms with E-state index >= 15 is 0 Å². The summed E-state index contributed by atoms with van der Waals surface area (Å²) in [5.74, 6) is -0.887. The quantitative estimate of drug-likeness (QED) is 0.316. The lowest BCUT2D eigenvalue weighted by Crippen LogP contribution is -2.40. The van der Waals surface area contributed by atoms with E-state index in [0.717, 1.165) is 17.8 Å². The summed E-state index contributed by atoms with van der Waals surface area (Å²) in [7, 11) is 0. The first-order chi connectivity index (χ1) is 15.9. The van der Waals surface area contributed by atoms with Crippen LogP contribution in [-0.2, 0) is 11.3 Å². The number of urea groups is 1. The third-order valence-corrected chi connectivity index (χ3v) is 5.72. The van der Waals surface area contributed by atoms with E-state index in [9.17, 15) is 18.8 Å². The predicted octanol–water partition coefficient (Wildman–Crippen LogP) is 3.89. The molecule has 3 amide bonds. The van der Waals surface area contributed by atoms with Crippen LogP contribution in [0.5, 0.6) is 0 Å². The molecule has 0 fully saturated rings. The Bertz CT molecular complexity index is 1390. The van der Waals surface area contributed by atoms with Crippen molar-refractivity contribution in [1.82, 2.24) is 20.2 Å². The summed E-state index contributed by atoms with van der Waals surface area (Å²) in [6.45, 7) is 0.121. The Kier molecular flexibility index (Phi) is 6.76. The number of aromatic nitrogens is 2. The van der Waals surface area contributed by atoms with E-state index in [-0.39, 0.29) is 22.5 Å². The zero-order chi connectivity index (χ0) is 23.4. The minimum Gasteiger partial charge on any atom is -0.467 e. The molecule has 0 spiro atoms. The number of furan rings is 1. The summed E-state index contributed by atoms with van der Waals surface area (Å²) in [4.78, 5) is 41.9. The summed E-state index contributed by atoms with van der Waals surface area (Å²) >= 11 is 6.86. The van der Waals surface area contributed by atoms with Gasteiger partial charge >= 0.3 is 6.03 Å². The number of fused-ring (bicyclic) bond motifs is 1. The second kappa shape index (κ2) is 9.88. The maximum absolute atomic E-state index is 13.7. The van der Waals surface area contributed by atoms with Crippen molar-refractivity contribution in [3.63, 3.8) is 0 Å². The largest absolute Gasteiger partial charge is 0.467 e. The van der Waals surface area contributed by atoms with Gasteiger partial charge in [0.1, 0.15) is 11.6 Å². The topological polar surface area (TPSA) is 106 Å². The summed E-state index contributed by atoms with van der Waals surface area (Å²) in [5, 5.41) is 5.08. The molecule has 0 aliphatic heterocycles. The zero-order valence-corrected chi connectivity index (χ0v) is 18.5. The second-order valence-electron chi connectivity index (χ2n) is 6.75. The van der Waals surface area contributed by atoms with Crippen molar-refractivity contribution >= 4 is 46.2 Å². The number of nitrogens with one attached hydrogen (secondary N) is 2. The van der Waals surface area contributed by atoms with Crippen molar-refractivity contribution in [2.45, 2.75) is 11.7 Å². The number of thioether (sulfide) groups is 1. The molecule has 33 heavy (non-hydrogen) atoms. The van der Waals surface area contributed by atoms with Crippen molar-refractivity contribution in [1.29, 1.82) is 0 Å². The zero-order valence-electron chi connectivity index (χ0n) is 16.9. The monoisotopic (exact) mass is 486 g/mol. The molecular weight excluding hydrogens is 471 g/mol. The Labute approximate surface area is 195 Å². The number of para-hydroxylation sites is 1. The molecule has 2 aromatic carbocycles. The Hall–Kier alpha value is -3.63. The minimum atomic E-state index is -0.689. The van der Waals surface area contributed by atoms with Gasteiger partial charge in [0, 0.05) is 0 Å². The Balaban J connectivity index is 1.55. The van der Waals surface area contributed by atoms with Gasteiger partial charge in [-0.2, -0.15) is 0 Å². The van der Waals surface area contributed by atoms with E-state index < -0.39 is 23.3 Å². The normalized spacial score (nSPS) is 10.8. The number of benzene rings is 2. The number of hydrogen-bond acceptors (Lipinski definition) is 6. The molecule has 2 aromatic heterocycles. The molecule has 4 rings (SSSR count). The number of halogens is 2. The van der Waals surface area contributed by atoms with Gasteiger partial charge in [0.25, 0.3) is 5.56 Å². The molecule has 0 aliphatic carbocycles. The van der Waals surface area contributed by atoms with Gasteiger partial charge in [0.05, 0.1) is 40.2 Å². The third kappa shape index (κ3) is 5.24. The van der Waals surface area contributed by atoms with Gasteiger partial charge in [0.2, 0.25) is 5.91 Å². The first kappa shape index (κ1) is 22.6. The van der Waals surface area contributed by atoms with Gasteiger partial charge in [-0.3, -0.25) is 19.5 Å². The average molecular weight is 487 g/mol. The van der Waals surface area contributed by atoms with Gasteiger partial charge in [0.15, 0.2) is 5.16 Å². The molecule has 0 radical (unpaired) electrons. The molecular formula is C22H16ClFN4O4S. The molecule has 0 bridgehead atoms. The molecule has 0 saturated heterocycles. The number of hydrogen-bond donors (Lipinski definition) is 2. The Morgan fingerprint density at radius 2 is 1.97 bits per heavy atom. The number of imide groups is 1. The Morgan fingerprint density at radius 1 is 1.15 bits per heavy atom. The summed E-state index contributed by atoms with van der Waals surface area (Å²) in [6.07, 6.45) is 1.47. The summed E-state index contributed by atoms with van der Waals surface area (Å²) in [5.41, 5.74) is 0.331. The lowest BCUT2D eigenvalue weighted by Gasteiger charge is -2.13. The first-order valence-corrected chi connectivity index (χ1v) is 11.0. The molecule has 2 N–H and O–H groups in total. The van der Waals surface area contributed by atoms with Gasteiger partial charge in [-0.25, -0.2) is 14.2 Å². The van der Waals surface area contributed by atoms with Crippen LogP contribution in [0.2, 0.25) is 5.02 Å². The van der Waals surface area contributed by atoms with Gasteiger partial charge < -0.3 is 9.73 Å². The lowest BCUT2D eigenvalue weighted by molar-refractivity contribution is -0.117. The molecule has 168 valence electrons. The van der Waals surface area contributed by atoms with Gasteiger partial charge in [-0.1, -0.05) is 35.5 Å². The highest BCUT2D eigenvalue weighted by Gasteiger charge is 2.17. The number of carbonyl (C=O) groups excluding carboxylic acids is 2. The van der Waals surface area contributed by atoms with E-state index in [1.165, 1.54) is 23.0 Å². The Morgan fingerprint density at radius 3 is 2.73 bits per heavy atom. The van der Waals surface area contributed by atoms with Crippen LogP contribution in [0.3, 0.4) is 0 Å². The summed E-state index contributed by atoms with van der Waals surface area (Å²) in [6, 6.07) is 13.3. The number of amides is 3. The molecule has 11 heteroatoms. The maximum Gasteiger partial charge on any atom is 0.321 e. The molecule has 0 unspecified atom stereocenters. The van der Waals surface area contributed by atoms with Crippen LogP contribution in [-0.4, -0.2) is 27.2 Å². The highest BCUT2D eigenvalue weighted by atomic mass is 35.5. The smallest absolute Gasteiger partial charge is 0.321 e. The standard InChI is InChI=1S/C22H16ClFN4O4S/c23-16-10-13(7-8-17(16)24)28-20(30)15-5-1-2-6-18(15)26-22(28)33-12-19(29)27-21(31)25-11-14-4-3-9-32-14/h1-10H,11-12H2,(H2,25,27,29,31). The van der Waals surface area contributed by atoms with E-state index in [2.05, 4.69) is 15.6 Å². The number of carbonyl (C=O) groups is 2. The van der Waals surface area contributed by atoms with E-state index in [0.29, 0.717) is 22.4 Å². The van der Waals surface area contributed by atoms with Crippen LogP contribution in [0.1, 0.15) is 5.76 Å². The minimum absolute atomic E-state index is 0.121. The van der Waals surface area contributed by atoms with Crippen LogP contribution < -0.4 is 16.2 Å². The second-order valence-corrected chi connectivity index (χ2v) is 8.10. The van der Waals surface area contributed by atoms with Crippen molar-refractivity contribution in [3.05, 3.63) is 87.8 Å². The van der Waals surface area contributed by atoms with Gasteiger partial charge in [-0.15, -0.1) is 0 Å². The lowest BCUT2D eigenvalue weighted by atomic mass is 10.2. The fraction of sp³-hybridized carbons (Fsp3) is 0.0909. The van der Waals surface area contributed by atoms with Crippen molar-refractivity contribution in [2.24, 2.45) is 0 Å². The predicted molar refractivity (Wildman–Crippen MR) is 122 cm³/mol. The fourth-order valence-corrected chi connectivity index (χ4v) is 3.97. The van der Waals surface area contributed by atoms with E-state index in [1.54, 1.807) is 36.4 Å². The van der Waals surface area contributed by atoms with E-state index in [4.69, 9.17) is 16.0 Å². The van der Waals surface area contributed by atoms with Crippen LogP contribution >= 0.6 is 23.4 Å². The fourth-order valence-electron chi connectivity index (χ4n) is 2.98. The third-order valence-electron chi connectivity index (χ3n) is 4.49. The molecule has 4 aromatic rings. The van der Waals surface area contributed by atoms with E-state index in [1.807, 2.05) is 0 Å². The van der Waals surface area contributed by atoms with Crippen LogP contribution in [0.15, 0.2) is 75.2 Å². The highest BCUT2D eigenvalue weighted by molar-refractivity contribution is 7.99. The molecule has 8 nitrogen and oxygen atoms in total. The molecule has 2 heterocycles.